The van der Waals surface area contributed by atoms with E-state index in [0.29, 0.717) is 5.56 Å². The van der Waals surface area contributed by atoms with Gasteiger partial charge in [0.25, 0.3) is 0 Å². The summed E-state index contributed by atoms with van der Waals surface area (Å²) in [6, 6.07) is 15.2. The van der Waals surface area contributed by atoms with E-state index >= 15 is 0 Å². The zero-order valence-electron chi connectivity index (χ0n) is 10.2. The van der Waals surface area contributed by atoms with Crippen LogP contribution in [0.1, 0.15) is 21.5 Å². The molecule has 2 rings (SSSR count). The highest BCUT2D eigenvalue weighted by Gasteiger charge is 2.05. The zero-order chi connectivity index (χ0) is 13.0. The number of aromatic carboxylic acids is 1. The molecule has 0 amide bonds. The summed E-state index contributed by atoms with van der Waals surface area (Å²) >= 11 is 0. The molecule has 0 saturated carbocycles. The Hall–Kier alpha value is -2.29. The quantitative estimate of drug-likeness (QED) is 0.863. The number of carboxylic acid groups (broad SMARTS) is 1. The van der Waals surface area contributed by atoms with Gasteiger partial charge in [0, 0.05) is 12.2 Å². The highest BCUT2D eigenvalue weighted by molar-refractivity contribution is 5.88. The standard InChI is InChI=1S/C15H15NO2/c1-11-9-13(15(17)18)7-8-14(11)16-10-12-5-3-2-4-6-12/h2-9,16H,10H2,1H3,(H,17,18). The van der Waals surface area contributed by atoms with Crippen molar-refractivity contribution in [2.75, 3.05) is 5.32 Å². The van der Waals surface area contributed by atoms with Gasteiger partial charge in [-0.05, 0) is 36.2 Å². The van der Waals surface area contributed by atoms with E-state index < -0.39 is 5.97 Å². The second kappa shape index (κ2) is 5.36. The Morgan fingerprint density at radius 3 is 2.50 bits per heavy atom. The van der Waals surface area contributed by atoms with E-state index in [1.807, 2.05) is 43.3 Å². The van der Waals surface area contributed by atoms with Gasteiger partial charge in [-0.3, -0.25) is 0 Å². The van der Waals surface area contributed by atoms with Crippen LogP contribution in [0.4, 0.5) is 5.69 Å². The van der Waals surface area contributed by atoms with Gasteiger partial charge in [-0.25, -0.2) is 4.79 Å². The first-order chi connectivity index (χ1) is 8.66. The lowest BCUT2D eigenvalue weighted by Gasteiger charge is -2.10. The van der Waals surface area contributed by atoms with Crippen LogP contribution < -0.4 is 5.32 Å². The van der Waals surface area contributed by atoms with Crippen molar-refractivity contribution < 1.29 is 9.90 Å². The van der Waals surface area contributed by atoms with Crippen molar-refractivity contribution in [1.29, 1.82) is 0 Å². The highest BCUT2D eigenvalue weighted by atomic mass is 16.4. The third-order valence-electron chi connectivity index (χ3n) is 2.80. The summed E-state index contributed by atoms with van der Waals surface area (Å²) in [6.07, 6.45) is 0. The molecular weight excluding hydrogens is 226 g/mol. The first-order valence-electron chi connectivity index (χ1n) is 5.78. The molecule has 0 radical (unpaired) electrons. The lowest BCUT2D eigenvalue weighted by molar-refractivity contribution is 0.0697. The molecule has 3 nitrogen and oxygen atoms in total. The summed E-state index contributed by atoms with van der Waals surface area (Å²) in [5.74, 6) is -0.896. The van der Waals surface area contributed by atoms with Gasteiger partial charge in [0.05, 0.1) is 5.56 Å². The molecule has 0 unspecified atom stereocenters. The van der Waals surface area contributed by atoms with Crippen molar-refractivity contribution in [3.8, 4) is 0 Å². The predicted molar refractivity (Wildman–Crippen MR) is 71.9 cm³/mol. The van der Waals surface area contributed by atoms with Gasteiger partial charge < -0.3 is 10.4 Å². The Balaban J connectivity index is 2.08. The van der Waals surface area contributed by atoms with Crippen LogP contribution in [-0.4, -0.2) is 11.1 Å². The fourth-order valence-corrected chi connectivity index (χ4v) is 1.79. The second-order valence-electron chi connectivity index (χ2n) is 4.17. The number of carbonyl (C=O) groups is 1. The molecule has 2 aromatic carbocycles. The van der Waals surface area contributed by atoms with Crippen LogP contribution in [0.25, 0.3) is 0 Å². The van der Waals surface area contributed by atoms with Crippen LogP contribution in [0.2, 0.25) is 0 Å². The molecule has 18 heavy (non-hydrogen) atoms. The van der Waals surface area contributed by atoms with E-state index in [0.717, 1.165) is 17.8 Å². The molecule has 2 N–H and O–H groups in total. The van der Waals surface area contributed by atoms with Crippen LogP contribution >= 0.6 is 0 Å². The molecule has 0 heterocycles. The number of hydrogen-bond donors (Lipinski definition) is 2. The first-order valence-corrected chi connectivity index (χ1v) is 5.78. The molecule has 0 aliphatic carbocycles. The Morgan fingerprint density at radius 2 is 1.89 bits per heavy atom. The van der Waals surface area contributed by atoms with E-state index in [-0.39, 0.29) is 0 Å². The minimum absolute atomic E-state index is 0.317. The number of carboxylic acids is 1. The molecule has 0 spiro atoms. The Labute approximate surface area is 106 Å². The smallest absolute Gasteiger partial charge is 0.335 e. The third-order valence-corrected chi connectivity index (χ3v) is 2.80. The Morgan fingerprint density at radius 1 is 1.17 bits per heavy atom. The SMILES string of the molecule is Cc1cc(C(=O)O)ccc1NCc1ccccc1. The molecule has 0 bridgehead atoms. The lowest BCUT2D eigenvalue weighted by Crippen LogP contribution is -2.03. The predicted octanol–water partition coefficient (Wildman–Crippen LogP) is 3.31. The van der Waals surface area contributed by atoms with Crippen LogP contribution in [0, 0.1) is 6.92 Å². The average molecular weight is 241 g/mol. The summed E-state index contributed by atoms with van der Waals surface area (Å²) < 4.78 is 0. The Kier molecular flexibility index (Phi) is 3.63. The number of hydrogen-bond acceptors (Lipinski definition) is 2. The summed E-state index contributed by atoms with van der Waals surface area (Å²) in [4.78, 5) is 10.8. The number of nitrogens with one attached hydrogen (secondary N) is 1. The van der Waals surface area contributed by atoms with Gasteiger partial charge in [-0.1, -0.05) is 30.3 Å². The molecule has 0 aliphatic rings. The van der Waals surface area contributed by atoms with Gasteiger partial charge in [0.1, 0.15) is 0 Å². The van der Waals surface area contributed by atoms with Crippen LogP contribution in [0.15, 0.2) is 48.5 Å². The van der Waals surface area contributed by atoms with E-state index in [9.17, 15) is 4.79 Å². The first kappa shape index (κ1) is 12.2. The van der Waals surface area contributed by atoms with Crippen LogP contribution in [0.3, 0.4) is 0 Å². The van der Waals surface area contributed by atoms with Crippen molar-refractivity contribution >= 4 is 11.7 Å². The van der Waals surface area contributed by atoms with Crippen molar-refractivity contribution in [3.05, 3.63) is 65.2 Å². The van der Waals surface area contributed by atoms with Gasteiger partial charge in [0.2, 0.25) is 0 Å². The zero-order valence-corrected chi connectivity index (χ0v) is 10.2. The average Bonchev–Trinajstić information content (AvgIpc) is 2.38. The molecule has 0 aliphatic heterocycles. The molecule has 0 atom stereocenters. The molecule has 0 saturated heterocycles. The maximum Gasteiger partial charge on any atom is 0.335 e. The van der Waals surface area contributed by atoms with Gasteiger partial charge in [-0.2, -0.15) is 0 Å². The van der Waals surface area contributed by atoms with Gasteiger partial charge in [-0.15, -0.1) is 0 Å². The largest absolute Gasteiger partial charge is 0.478 e. The van der Waals surface area contributed by atoms with Crippen LogP contribution in [-0.2, 0) is 6.54 Å². The fraction of sp³-hybridized carbons (Fsp3) is 0.133. The monoisotopic (exact) mass is 241 g/mol. The summed E-state index contributed by atoms with van der Waals surface area (Å²) in [7, 11) is 0. The van der Waals surface area contributed by atoms with Crippen molar-refractivity contribution in [3.63, 3.8) is 0 Å². The van der Waals surface area contributed by atoms with Crippen molar-refractivity contribution in [2.24, 2.45) is 0 Å². The molecule has 92 valence electrons. The van der Waals surface area contributed by atoms with E-state index in [1.54, 1.807) is 12.1 Å². The van der Waals surface area contributed by atoms with Crippen molar-refractivity contribution in [2.45, 2.75) is 13.5 Å². The normalized spacial score (nSPS) is 10.1. The molecule has 3 heteroatoms. The summed E-state index contributed by atoms with van der Waals surface area (Å²) in [6.45, 7) is 2.63. The highest BCUT2D eigenvalue weighted by Crippen LogP contribution is 2.17. The number of rotatable bonds is 4. The maximum absolute atomic E-state index is 10.8. The van der Waals surface area contributed by atoms with E-state index in [1.165, 1.54) is 5.56 Å². The summed E-state index contributed by atoms with van der Waals surface area (Å²) in [5.41, 5.74) is 3.41. The van der Waals surface area contributed by atoms with Crippen molar-refractivity contribution in [1.82, 2.24) is 0 Å². The van der Waals surface area contributed by atoms with E-state index in [2.05, 4.69) is 5.32 Å². The number of anilines is 1. The topological polar surface area (TPSA) is 49.3 Å². The van der Waals surface area contributed by atoms with Gasteiger partial charge in [0.15, 0.2) is 0 Å². The summed E-state index contributed by atoms with van der Waals surface area (Å²) in [5, 5.41) is 12.2. The van der Waals surface area contributed by atoms with Gasteiger partial charge >= 0.3 is 5.97 Å². The van der Waals surface area contributed by atoms with Crippen LogP contribution in [0.5, 0.6) is 0 Å². The Bertz CT molecular complexity index is 550. The number of aryl methyl sites for hydroxylation is 1. The second-order valence-corrected chi connectivity index (χ2v) is 4.17. The maximum atomic E-state index is 10.8. The minimum atomic E-state index is -0.896. The third kappa shape index (κ3) is 2.88. The molecule has 0 aromatic heterocycles. The lowest BCUT2D eigenvalue weighted by atomic mass is 10.1. The molecule has 0 fully saturated rings. The number of benzene rings is 2. The fourth-order valence-electron chi connectivity index (χ4n) is 1.79. The van der Waals surface area contributed by atoms with E-state index in [4.69, 9.17) is 5.11 Å². The molecular formula is C15H15NO2. The minimum Gasteiger partial charge on any atom is -0.478 e. The molecule has 2 aromatic rings.